The van der Waals surface area contributed by atoms with Gasteiger partial charge in [-0.05, 0) is 25.0 Å². The number of anilines is 1. The van der Waals surface area contributed by atoms with Gasteiger partial charge in [-0.2, -0.15) is 0 Å². The molecular weight excluding hydrogens is 405 g/mol. The van der Waals surface area contributed by atoms with Crippen LogP contribution < -0.4 is 16.4 Å². The minimum absolute atomic E-state index is 0.0542. The number of carboxylic acid groups (broad SMARTS) is 1. The number of halogens is 1. The summed E-state index contributed by atoms with van der Waals surface area (Å²) >= 11 is 0. The Morgan fingerprint density at radius 2 is 2.13 bits per heavy atom. The van der Waals surface area contributed by atoms with Gasteiger partial charge in [0.1, 0.15) is 17.5 Å². The molecule has 0 amide bonds. The van der Waals surface area contributed by atoms with E-state index in [1.54, 1.807) is 11.1 Å². The van der Waals surface area contributed by atoms with E-state index in [1.807, 2.05) is 18.2 Å². The molecule has 31 heavy (non-hydrogen) atoms. The van der Waals surface area contributed by atoms with Crippen LogP contribution in [0.2, 0.25) is 0 Å². The average Bonchev–Trinajstić information content (AvgIpc) is 2.74. The highest BCUT2D eigenvalue weighted by atomic mass is 19.1. The molecule has 10 heteroatoms. The highest BCUT2D eigenvalue weighted by Crippen LogP contribution is 2.38. The van der Waals surface area contributed by atoms with E-state index in [-0.39, 0.29) is 17.0 Å². The minimum atomic E-state index is -1.36. The molecule has 0 aromatic carbocycles. The van der Waals surface area contributed by atoms with Gasteiger partial charge in [-0.25, -0.2) is 14.2 Å². The van der Waals surface area contributed by atoms with E-state index in [1.165, 1.54) is 6.20 Å². The quantitative estimate of drug-likeness (QED) is 0.385. The molecule has 1 aromatic heterocycles. The molecule has 1 saturated heterocycles. The summed E-state index contributed by atoms with van der Waals surface area (Å²) in [6.07, 6.45) is 3.68. The van der Waals surface area contributed by atoms with Crippen molar-refractivity contribution in [2.75, 3.05) is 31.6 Å². The molecule has 2 aliphatic heterocycles. The van der Waals surface area contributed by atoms with Crippen molar-refractivity contribution in [3.8, 4) is 0 Å². The smallest absolute Gasteiger partial charge is 0.341 e. The summed E-state index contributed by atoms with van der Waals surface area (Å²) in [5, 5.41) is 15.6. The largest absolute Gasteiger partial charge is 0.477 e. The lowest BCUT2D eigenvalue weighted by Crippen LogP contribution is -2.55. The van der Waals surface area contributed by atoms with Gasteiger partial charge in [0.2, 0.25) is 5.78 Å². The summed E-state index contributed by atoms with van der Waals surface area (Å²) in [5.41, 5.74) is 5.38. The number of hydrogen-bond donors (Lipinski definition) is 4. The van der Waals surface area contributed by atoms with E-state index in [0.29, 0.717) is 32.1 Å². The van der Waals surface area contributed by atoms with Gasteiger partial charge in [0.05, 0.1) is 23.0 Å². The molecule has 3 aliphatic rings. The van der Waals surface area contributed by atoms with Crippen LogP contribution in [0, 0.1) is 0 Å². The first-order valence-corrected chi connectivity index (χ1v) is 10.1. The van der Waals surface area contributed by atoms with Gasteiger partial charge in [0, 0.05) is 38.6 Å². The van der Waals surface area contributed by atoms with E-state index in [0.717, 1.165) is 12.8 Å². The number of allylic oxidation sites excluding steroid dienone is 1. The number of hydrogen-bond acceptors (Lipinski definition) is 8. The highest BCUT2D eigenvalue weighted by Gasteiger charge is 2.47. The fourth-order valence-corrected chi connectivity index (χ4v) is 4.07. The van der Waals surface area contributed by atoms with Gasteiger partial charge < -0.3 is 31.1 Å². The molecule has 0 radical (unpaired) electrons. The van der Waals surface area contributed by atoms with E-state index in [9.17, 15) is 14.7 Å². The number of nitrogens with zero attached hydrogens (tertiary/aromatic N) is 2. The van der Waals surface area contributed by atoms with Gasteiger partial charge in [0.25, 0.3) is 0 Å². The zero-order chi connectivity index (χ0) is 22.0. The third kappa shape index (κ3) is 3.98. The standard InChI is InChI=1S/C21H24FN5O4/c22-15-16(23)14-18-20(17(15)26-8-7-25-13-5-1-2-6-24-13)31-10-4-3-9-27(18)11-12(19(14)28)21(29)30/h1-2,5-6,11,18,20,26H,3-4,7-10,23H2,(H,24,25)(H,29,30). The summed E-state index contributed by atoms with van der Waals surface area (Å²) in [4.78, 5) is 30.3. The zero-order valence-corrected chi connectivity index (χ0v) is 16.8. The molecule has 4 rings (SSSR count). The van der Waals surface area contributed by atoms with Crippen molar-refractivity contribution < 1.29 is 23.8 Å². The number of carbonyl (C=O) groups excluding carboxylic acids is 1. The lowest BCUT2D eigenvalue weighted by Gasteiger charge is -2.44. The third-order valence-electron chi connectivity index (χ3n) is 5.52. The fourth-order valence-electron chi connectivity index (χ4n) is 4.07. The van der Waals surface area contributed by atoms with Crippen LogP contribution in [0.25, 0.3) is 0 Å². The van der Waals surface area contributed by atoms with Gasteiger partial charge in [-0.1, -0.05) is 6.07 Å². The number of nitrogens with two attached hydrogens (primary N) is 1. The Morgan fingerprint density at radius 1 is 1.32 bits per heavy atom. The monoisotopic (exact) mass is 429 g/mol. The maximum atomic E-state index is 15.3. The molecule has 9 nitrogen and oxygen atoms in total. The molecule has 0 spiro atoms. The van der Waals surface area contributed by atoms with Crippen molar-refractivity contribution in [1.82, 2.24) is 15.2 Å². The summed E-state index contributed by atoms with van der Waals surface area (Å²) in [7, 11) is 0. The predicted octanol–water partition coefficient (Wildman–Crippen LogP) is 0.891. The van der Waals surface area contributed by atoms with E-state index >= 15 is 4.39 Å². The van der Waals surface area contributed by atoms with E-state index < -0.39 is 35.3 Å². The first kappa shape index (κ1) is 20.9. The summed E-state index contributed by atoms with van der Waals surface area (Å²) in [5.74, 6) is -2.22. The third-order valence-corrected chi connectivity index (χ3v) is 5.52. The minimum Gasteiger partial charge on any atom is -0.477 e. The van der Waals surface area contributed by atoms with E-state index in [4.69, 9.17) is 10.5 Å². The molecule has 3 heterocycles. The number of aromatic nitrogens is 1. The number of ketones is 1. The molecule has 1 fully saturated rings. The van der Waals surface area contributed by atoms with Crippen LogP contribution in [-0.2, 0) is 14.3 Å². The van der Waals surface area contributed by atoms with Crippen molar-refractivity contribution in [2.45, 2.75) is 25.0 Å². The van der Waals surface area contributed by atoms with E-state index in [2.05, 4.69) is 15.6 Å². The van der Waals surface area contributed by atoms with Crippen LogP contribution in [0.15, 0.2) is 59.0 Å². The molecule has 5 N–H and O–H groups in total. The molecule has 0 bridgehead atoms. The molecule has 1 aromatic rings. The molecular formula is C21H24FN5O4. The van der Waals surface area contributed by atoms with Gasteiger partial charge in [-0.3, -0.25) is 4.79 Å². The Hall–Kier alpha value is -3.40. The second-order valence-corrected chi connectivity index (χ2v) is 7.48. The average molecular weight is 429 g/mol. The van der Waals surface area contributed by atoms with Crippen molar-refractivity contribution in [1.29, 1.82) is 0 Å². The number of aliphatic carboxylic acids is 1. The number of pyridine rings is 1. The normalized spacial score (nSPS) is 23.6. The van der Waals surface area contributed by atoms with Gasteiger partial charge in [-0.15, -0.1) is 0 Å². The van der Waals surface area contributed by atoms with Crippen LogP contribution in [0.1, 0.15) is 12.8 Å². The fraction of sp³-hybridized carbons (Fsp3) is 0.381. The Morgan fingerprint density at radius 3 is 2.87 bits per heavy atom. The van der Waals surface area contributed by atoms with Crippen molar-refractivity contribution in [3.05, 3.63) is 59.0 Å². The number of carbonyl (C=O) groups is 2. The second-order valence-electron chi connectivity index (χ2n) is 7.48. The maximum absolute atomic E-state index is 15.3. The Balaban J connectivity index is 1.61. The summed E-state index contributed by atoms with van der Waals surface area (Å²) in [6, 6.07) is 4.81. The van der Waals surface area contributed by atoms with Crippen molar-refractivity contribution in [3.63, 3.8) is 0 Å². The molecule has 0 saturated carbocycles. The lowest BCUT2D eigenvalue weighted by molar-refractivity contribution is -0.134. The Kier molecular flexibility index (Phi) is 5.90. The van der Waals surface area contributed by atoms with Crippen LogP contribution in [-0.4, -0.2) is 65.1 Å². The molecule has 1 aliphatic carbocycles. The van der Waals surface area contributed by atoms with Crippen LogP contribution in [0.4, 0.5) is 10.2 Å². The Bertz CT molecular complexity index is 975. The summed E-state index contributed by atoms with van der Waals surface area (Å²) in [6.45, 7) is 1.74. The SMILES string of the molecule is NC1=C2C(=O)C(C(=O)O)=CN3CCCCOC(C(NCCNc4ccccn4)=C1F)C23. The number of nitrogens with one attached hydrogen (secondary N) is 2. The topological polar surface area (TPSA) is 130 Å². The first-order valence-electron chi connectivity index (χ1n) is 10.1. The summed E-state index contributed by atoms with van der Waals surface area (Å²) < 4.78 is 21.2. The van der Waals surface area contributed by atoms with Crippen molar-refractivity contribution >= 4 is 17.6 Å². The lowest BCUT2D eigenvalue weighted by atomic mass is 9.82. The second kappa shape index (κ2) is 8.76. The van der Waals surface area contributed by atoms with Crippen molar-refractivity contribution in [2.24, 2.45) is 5.73 Å². The van der Waals surface area contributed by atoms with Gasteiger partial charge >= 0.3 is 5.97 Å². The van der Waals surface area contributed by atoms with Crippen LogP contribution >= 0.6 is 0 Å². The maximum Gasteiger partial charge on any atom is 0.341 e. The molecule has 2 unspecified atom stereocenters. The Labute approximate surface area is 178 Å². The highest BCUT2D eigenvalue weighted by molar-refractivity contribution is 6.25. The van der Waals surface area contributed by atoms with Gasteiger partial charge in [0.15, 0.2) is 5.83 Å². The number of carboxylic acids is 1. The number of Topliss-reactive ketones (excluding diaryl/α,β-unsaturated/α-hetero) is 1. The first-order chi connectivity index (χ1) is 15.0. The van der Waals surface area contributed by atoms with Crippen LogP contribution in [0.3, 0.4) is 0 Å². The zero-order valence-electron chi connectivity index (χ0n) is 16.8. The molecule has 2 atom stereocenters. The molecule has 164 valence electrons. The number of rotatable bonds is 6. The predicted molar refractivity (Wildman–Crippen MR) is 110 cm³/mol. The number of ether oxygens (including phenoxy) is 1. The van der Waals surface area contributed by atoms with Crippen LogP contribution in [0.5, 0.6) is 0 Å².